The molecule has 648 valence electrons. The van der Waals surface area contributed by atoms with Gasteiger partial charge in [-0.2, -0.15) is 0 Å². The summed E-state index contributed by atoms with van der Waals surface area (Å²) in [7, 11) is 0. The van der Waals surface area contributed by atoms with Crippen molar-refractivity contribution in [3.63, 3.8) is 0 Å². The maximum absolute atomic E-state index is 15.9. The summed E-state index contributed by atoms with van der Waals surface area (Å²) in [4.78, 5) is 51.2. The minimum atomic E-state index is -0.548. The lowest BCUT2D eigenvalue weighted by Crippen LogP contribution is -2.49. The van der Waals surface area contributed by atoms with Crippen LogP contribution in [0.5, 0.6) is 0 Å². The SMILES string of the molecule is CCCCCCc1c(-c2ccc(-c3ccc(-c4cccs4)s3)s2)sc(-c2ccc(-c3ccc(-c4ccc(C5=CC6=CC(C(C)(C)C)=CC7=C(c8ccc(-c9ccc(-c%10ccc(-c%11sc(-c%12ccc(-c%13ccc(-c%14cccs%14)s%13)s%12)c(CCCCCC)c%11CCCCCC)s%10)s9)s8)C=C8C=C(C(=O)c9cccc%10ccccc9%10)C=C5[C@]8(C)[C@@]67C)s4)s3)s2)c1CCCCCC. The summed E-state index contributed by atoms with van der Waals surface area (Å²) in [5.41, 5.74) is 15.5. The van der Waals surface area contributed by atoms with E-state index in [2.05, 4.69) is 314 Å². The zero-order valence-corrected chi connectivity index (χ0v) is 85.7. The molecule has 0 amide bonds. The Balaban J connectivity index is 0.628. The third-order valence-corrected chi connectivity index (χ3v) is 44.1. The molecule has 0 aliphatic heterocycles. The lowest BCUT2D eigenvalue weighted by molar-refractivity contribution is 0.103. The molecule has 1 nitrogen and oxygen atoms in total. The van der Waals surface area contributed by atoms with Crippen molar-refractivity contribution in [2.24, 2.45) is 16.2 Å². The van der Waals surface area contributed by atoms with Crippen LogP contribution in [0.15, 0.2) is 269 Å². The van der Waals surface area contributed by atoms with Crippen molar-refractivity contribution < 1.29 is 4.79 Å². The molecule has 20 rings (SSSR count). The number of thiophene rings is 14. The fraction of sp³-hybridized carbons (Fsp3) is 0.283. The number of carbonyl (C=O) groups is 1. The Kier molecular flexibility index (Phi) is 26.3. The predicted molar refractivity (Wildman–Crippen MR) is 579 cm³/mol. The van der Waals surface area contributed by atoms with Crippen LogP contribution in [0.4, 0.5) is 0 Å². The first-order chi connectivity index (χ1) is 62.5. The Hall–Kier alpha value is -7.65. The van der Waals surface area contributed by atoms with Gasteiger partial charge in [0.05, 0.1) is 0 Å². The third kappa shape index (κ3) is 17.1. The first-order valence-corrected chi connectivity index (χ1v) is 57.6. The minimum absolute atomic E-state index is 0.0500. The number of allylic oxidation sites excluding steroid dienone is 14. The van der Waals surface area contributed by atoms with Crippen molar-refractivity contribution in [3.05, 3.63) is 306 Å². The lowest BCUT2D eigenvalue weighted by Gasteiger charge is -2.58. The van der Waals surface area contributed by atoms with Crippen molar-refractivity contribution in [1.82, 2.24) is 0 Å². The summed E-state index contributed by atoms with van der Waals surface area (Å²) in [6.45, 7) is 21.5. The van der Waals surface area contributed by atoms with E-state index in [1.54, 1.807) is 22.3 Å². The summed E-state index contributed by atoms with van der Waals surface area (Å²) in [6, 6.07) is 71.1. The first-order valence-electron chi connectivity index (χ1n) is 46.0. The normalized spacial score (nSPS) is 16.2. The largest absolute Gasteiger partial charge is 0.289 e. The molecule has 15 heteroatoms. The molecule has 0 radical (unpaired) electrons. The topological polar surface area (TPSA) is 17.1 Å². The second-order valence-electron chi connectivity index (χ2n) is 36.0. The van der Waals surface area contributed by atoms with E-state index in [1.165, 1.54) is 269 Å². The minimum Gasteiger partial charge on any atom is -0.289 e. The molecule has 16 aromatic rings. The van der Waals surface area contributed by atoms with Gasteiger partial charge < -0.3 is 0 Å². The number of ketones is 1. The van der Waals surface area contributed by atoms with Crippen LogP contribution in [0.25, 0.3) is 139 Å². The molecule has 0 spiro atoms. The van der Waals surface area contributed by atoms with Gasteiger partial charge in [0.15, 0.2) is 5.78 Å². The summed E-state index contributed by atoms with van der Waals surface area (Å²) >= 11 is 27.2. The van der Waals surface area contributed by atoms with Crippen molar-refractivity contribution in [2.75, 3.05) is 0 Å². The monoisotopic (exact) mass is 1930 g/mol. The number of carbonyl (C=O) groups excluding carboxylic acids is 1. The number of rotatable bonds is 36. The molecule has 2 atom stereocenters. The van der Waals surface area contributed by atoms with E-state index in [0.29, 0.717) is 0 Å². The second-order valence-corrected chi connectivity index (χ2v) is 50.7. The molecular formula is C113H106OS14. The van der Waals surface area contributed by atoms with Crippen LogP contribution < -0.4 is 0 Å². The lowest BCUT2D eigenvalue weighted by atomic mass is 9.44. The number of fused-ring (bicyclic) bond motifs is 1. The fourth-order valence-electron chi connectivity index (χ4n) is 19.4. The molecule has 4 aliphatic carbocycles. The standard InChI is InChI=1S/C113H106OS14/c1-10-14-18-22-34-76-78(36-24-20-16-12-3)109(127-107(76)102-57-53-98(123-102)94-47-45-88(119-94)86-39-29-61-115-86)104-59-55-100(125-104)96-51-49-92(121-96)90-43-41-84(117-90)80-67-73-65-71(111(5,6)7)68-83-81(66-72-63-70(64-82(80)112(72,8)113(73,83)9)106(114)75-38-28-32-69-31-26-27-33-74(69)75)85-42-44-91(118-85)93-50-52-97(122-93)101-56-60-105(126-101)110-79(37-25-21-17-13-4)77(35-23-19-15-11-2)108(128-110)103-58-54-99(124-103)95-48-46-89(120-95)87-40-30-62-116-87/h26-33,38-68H,10-25,34-37H2,1-9H3/t112-,113+/m1/s1. The summed E-state index contributed by atoms with van der Waals surface area (Å²) in [5.74, 6) is 0.0500. The molecule has 128 heavy (non-hydrogen) atoms. The highest BCUT2D eigenvalue weighted by Gasteiger charge is 2.60. The van der Waals surface area contributed by atoms with Gasteiger partial charge in [-0.05, 0) is 297 Å². The van der Waals surface area contributed by atoms with Gasteiger partial charge in [-0.25, -0.2) is 0 Å². The Bertz CT molecular complexity index is 6980. The van der Waals surface area contributed by atoms with Crippen molar-refractivity contribution in [2.45, 2.75) is 191 Å². The van der Waals surface area contributed by atoms with Gasteiger partial charge in [-0.15, -0.1) is 159 Å². The van der Waals surface area contributed by atoms with Crippen LogP contribution in [-0.4, -0.2) is 5.78 Å². The van der Waals surface area contributed by atoms with E-state index in [4.69, 9.17) is 0 Å². The molecule has 2 aromatic carbocycles. The maximum atomic E-state index is 15.9. The third-order valence-electron chi connectivity index (χ3n) is 26.6. The van der Waals surface area contributed by atoms with Gasteiger partial charge in [-0.3, -0.25) is 4.79 Å². The van der Waals surface area contributed by atoms with Gasteiger partial charge in [0.2, 0.25) is 0 Å². The van der Waals surface area contributed by atoms with Crippen LogP contribution >= 0.6 is 159 Å². The number of hydrogen-bond acceptors (Lipinski definition) is 15. The zero-order valence-electron chi connectivity index (χ0n) is 74.3. The quantitative estimate of drug-likeness (QED) is 0.0283. The van der Waals surface area contributed by atoms with E-state index in [1.807, 2.05) is 142 Å². The Morgan fingerprint density at radius 1 is 0.297 bits per heavy atom. The molecule has 0 fully saturated rings. The average molecular weight is 1930 g/mol. The van der Waals surface area contributed by atoms with E-state index >= 15 is 4.79 Å². The second kappa shape index (κ2) is 38.1. The van der Waals surface area contributed by atoms with Gasteiger partial charge in [0, 0.05) is 149 Å². The number of benzene rings is 2. The highest BCUT2D eigenvalue weighted by molar-refractivity contribution is 7.33. The van der Waals surface area contributed by atoms with Crippen molar-refractivity contribution in [1.29, 1.82) is 0 Å². The van der Waals surface area contributed by atoms with Crippen LogP contribution in [0.2, 0.25) is 0 Å². The number of hydrogen-bond donors (Lipinski definition) is 0. The van der Waals surface area contributed by atoms with E-state index < -0.39 is 10.8 Å². The van der Waals surface area contributed by atoms with E-state index in [9.17, 15) is 0 Å². The first kappa shape index (κ1) is 88.3. The predicted octanol–water partition coefficient (Wildman–Crippen LogP) is 40.7. The van der Waals surface area contributed by atoms with Gasteiger partial charge >= 0.3 is 0 Å². The van der Waals surface area contributed by atoms with Crippen LogP contribution in [0.1, 0.15) is 207 Å². The highest BCUT2D eigenvalue weighted by Crippen LogP contribution is 2.71. The summed E-state index contributed by atoms with van der Waals surface area (Å²) in [5, 5.41) is 6.42. The Morgan fingerprint density at radius 3 is 1.03 bits per heavy atom. The maximum Gasteiger partial charge on any atom is 0.193 e. The van der Waals surface area contributed by atoms with Crippen LogP contribution in [0.3, 0.4) is 0 Å². The summed E-state index contributed by atoms with van der Waals surface area (Å²) in [6.07, 6.45) is 39.4. The van der Waals surface area contributed by atoms with Crippen LogP contribution in [0, 0.1) is 16.2 Å². The van der Waals surface area contributed by atoms with Gasteiger partial charge in [0.25, 0.3) is 0 Å². The van der Waals surface area contributed by atoms with Gasteiger partial charge in [-0.1, -0.05) is 206 Å². The smallest absolute Gasteiger partial charge is 0.193 e. The summed E-state index contributed by atoms with van der Waals surface area (Å²) < 4.78 is 0. The van der Waals surface area contributed by atoms with E-state index in [0.717, 1.165) is 47.6 Å². The molecule has 4 aliphatic rings. The molecule has 0 saturated heterocycles. The Morgan fingerprint density at radius 2 is 0.641 bits per heavy atom. The fourth-order valence-corrected chi connectivity index (χ4v) is 35.1. The van der Waals surface area contributed by atoms with Gasteiger partial charge in [0.1, 0.15) is 0 Å². The van der Waals surface area contributed by atoms with Crippen molar-refractivity contribution in [3.8, 4) is 117 Å². The number of Topliss-reactive ketones (excluding diaryl/α,β-unsaturated/α-hetero) is 1. The molecule has 0 unspecified atom stereocenters. The molecule has 0 saturated carbocycles. The Labute approximate surface area is 812 Å². The molecule has 14 heterocycles. The average Bonchev–Trinajstić information content (AvgIpc) is 0.726. The highest BCUT2D eigenvalue weighted by atomic mass is 32.2. The zero-order chi connectivity index (χ0) is 87.4. The van der Waals surface area contributed by atoms with Crippen LogP contribution in [-0.2, 0) is 25.7 Å². The molecular weight excluding hydrogens is 1820 g/mol. The molecule has 0 bridgehead atoms. The number of unbranched alkanes of at least 4 members (excludes halogenated alkanes) is 12. The van der Waals surface area contributed by atoms with E-state index in [-0.39, 0.29) is 11.2 Å². The van der Waals surface area contributed by atoms with Crippen molar-refractivity contribution >= 4 is 186 Å². The molecule has 14 aromatic heterocycles. The molecule has 0 N–H and O–H groups in total.